The van der Waals surface area contributed by atoms with Crippen molar-refractivity contribution in [1.82, 2.24) is 5.32 Å². The van der Waals surface area contributed by atoms with Gasteiger partial charge in [0.2, 0.25) is 11.8 Å². The fourth-order valence-electron chi connectivity index (χ4n) is 1.46. The molecule has 0 aromatic heterocycles. The molecule has 1 aliphatic rings. The number of carbonyl (C=O) groups is 2. The van der Waals surface area contributed by atoms with Crippen LogP contribution in [0, 0.1) is 0 Å². The number of carbonyl (C=O) groups excluding carboxylic acids is 2. The van der Waals surface area contributed by atoms with Crippen LogP contribution in [-0.2, 0) is 9.59 Å². The monoisotopic (exact) mass is 258 g/mol. The zero-order valence-electron chi connectivity index (χ0n) is 8.09. The van der Waals surface area contributed by atoms with Gasteiger partial charge in [0.1, 0.15) is 6.04 Å². The molecular formula is C10H8Cl2N2O2. The molecule has 1 atom stereocenters. The second-order valence-electron chi connectivity index (χ2n) is 3.44. The third-order valence-electron chi connectivity index (χ3n) is 2.23. The highest BCUT2D eigenvalue weighted by molar-refractivity contribution is 6.42. The van der Waals surface area contributed by atoms with E-state index in [0.717, 1.165) is 0 Å². The first-order valence-corrected chi connectivity index (χ1v) is 5.37. The Kier molecular flexibility index (Phi) is 3.03. The molecule has 1 fully saturated rings. The van der Waals surface area contributed by atoms with E-state index in [0.29, 0.717) is 15.7 Å². The summed E-state index contributed by atoms with van der Waals surface area (Å²) in [5, 5.41) is 5.97. The molecule has 4 nitrogen and oxygen atoms in total. The number of rotatable bonds is 2. The molecule has 1 aliphatic heterocycles. The van der Waals surface area contributed by atoms with Gasteiger partial charge >= 0.3 is 0 Å². The van der Waals surface area contributed by atoms with Crippen LogP contribution in [0.25, 0.3) is 0 Å². The summed E-state index contributed by atoms with van der Waals surface area (Å²) in [5.74, 6) is -0.598. The van der Waals surface area contributed by atoms with Crippen molar-refractivity contribution in [1.29, 1.82) is 0 Å². The van der Waals surface area contributed by atoms with Crippen LogP contribution in [-0.4, -0.2) is 17.9 Å². The Morgan fingerprint density at radius 1 is 1.25 bits per heavy atom. The molecule has 1 heterocycles. The first-order chi connectivity index (χ1) is 7.56. The van der Waals surface area contributed by atoms with Gasteiger partial charge in [0, 0.05) is 5.69 Å². The smallest absolute Gasteiger partial charge is 0.249 e. The number of amides is 2. The number of halogens is 2. The predicted octanol–water partition coefficient (Wildman–Crippen LogP) is 1.82. The highest BCUT2D eigenvalue weighted by Gasteiger charge is 2.30. The molecule has 84 valence electrons. The number of imide groups is 1. The third-order valence-corrected chi connectivity index (χ3v) is 2.97. The van der Waals surface area contributed by atoms with Gasteiger partial charge < -0.3 is 5.32 Å². The normalized spacial score (nSPS) is 19.8. The van der Waals surface area contributed by atoms with Gasteiger partial charge in [0.15, 0.2) is 0 Å². The predicted molar refractivity (Wildman–Crippen MR) is 61.6 cm³/mol. The summed E-state index contributed by atoms with van der Waals surface area (Å²) in [4.78, 5) is 22.2. The molecule has 2 rings (SSSR count). The molecule has 1 unspecified atom stereocenters. The van der Waals surface area contributed by atoms with E-state index >= 15 is 0 Å². The van der Waals surface area contributed by atoms with Gasteiger partial charge in [-0.1, -0.05) is 23.2 Å². The van der Waals surface area contributed by atoms with Crippen LogP contribution in [0.3, 0.4) is 0 Å². The maximum Gasteiger partial charge on any atom is 0.249 e. The quantitative estimate of drug-likeness (QED) is 0.796. The molecule has 1 saturated heterocycles. The Hall–Kier alpha value is -1.26. The maximum atomic E-state index is 11.3. The highest BCUT2D eigenvalue weighted by Crippen LogP contribution is 2.25. The minimum Gasteiger partial charge on any atom is -0.373 e. The zero-order chi connectivity index (χ0) is 11.7. The third kappa shape index (κ3) is 2.28. The van der Waals surface area contributed by atoms with Crippen LogP contribution in [0.4, 0.5) is 5.69 Å². The van der Waals surface area contributed by atoms with Crippen LogP contribution < -0.4 is 10.6 Å². The van der Waals surface area contributed by atoms with Crippen molar-refractivity contribution in [2.75, 3.05) is 5.32 Å². The topological polar surface area (TPSA) is 58.2 Å². The lowest BCUT2D eigenvalue weighted by Crippen LogP contribution is -2.29. The number of anilines is 1. The molecule has 2 N–H and O–H groups in total. The molecule has 1 aromatic carbocycles. The van der Waals surface area contributed by atoms with Crippen molar-refractivity contribution < 1.29 is 9.59 Å². The fraction of sp³-hybridized carbons (Fsp3) is 0.200. The Bertz CT molecular complexity index is 462. The molecule has 2 amide bonds. The van der Waals surface area contributed by atoms with Gasteiger partial charge in [0.25, 0.3) is 0 Å². The Morgan fingerprint density at radius 2 is 2.00 bits per heavy atom. The summed E-state index contributed by atoms with van der Waals surface area (Å²) in [7, 11) is 0. The summed E-state index contributed by atoms with van der Waals surface area (Å²) in [6.45, 7) is 0. The second-order valence-corrected chi connectivity index (χ2v) is 4.26. The summed E-state index contributed by atoms with van der Waals surface area (Å²) >= 11 is 11.6. The van der Waals surface area contributed by atoms with Gasteiger partial charge in [0.05, 0.1) is 16.5 Å². The van der Waals surface area contributed by atoms with Crippen LogP contribution in [0.2, 0.25) is 10.0 Å². The summed E-state index contributed by atoms with van der Waals surface area (Å²) in [6, 6.07) is 4.40. The van der Waals surface area contributed by atoms with E-state index in [9.17, 15) is 9.59 Å². The number of hydrogen-bond donors (Lipinski definition) is 2. The van der Waals surface area contributed by atoms with E-state index < -0.39 is 6.04 Å². The minimum atomic E-state index is -0.537. The van der Waals surface area contributed by atoms with E-state index in [1.165, 1.54) is 0 Å². The molecule has 0 aliphatic carbocycles. The Morgan fingerprint density at radius 3 is 2.56 bits per heavy atom. The van der Waals surface area contributed by atoms with E-state index in [2.05, 4.69) is 10.6 Å². The SMILES string of the molecule is O=C1CC(Nc2ccc(Cl)c(Cl)c2)C(=O)N1. The zero-order valence-corrected chi connectivity index (χ0v) is 9.60. The average molecular weight is 259 g/mol. The van der Waals surface area contributed by atoms with E-state index in [1.807, 2.05) is 0 Å². The number of nitrogens with one attached hydrogen (secondary N) is 2. The summed E-state index contributed by atoms with van der Waals surface area (Å²) in [6.07, 6.45) is 0.138. The van der Waals surface area contributed by atoms with Crippen LogP contribution in [0.1, 0.15) is 6.42 Å². The minimum absolute atomic E-state index is 0.138. The number of hydrogen-bond acceptors (Lipinski definition) is 3. The van der Waals surface area contributed by atoms with Crippen molar-refractivity contribution in [3.05, 3.63) is 28.2 Å². The van der Waals surface area contributed by atoms with Crippen molar-refractivity contribution in [2.24, 2.45) is 0 Å². The lowest BCUT2D eigenvalue weighted by atomic mass is 10.2. The van der Waals surface area contributed by atoms with Gasteiger partial charge in [-0.05, 0) is 18.2 Å². The molecule has 0 bridgehead atoms. The van der Waals surface area contributed by atoms with Crippen LogP contribution >= 0.6 is 23.2 Å². The number of benzene rings is 1. The molecule has 16 heavy (non-hydrogen) atoms. The Labute approximate surface area is 102 Å². The standard InChI is InChI=1S/C10H8Cl2N2O2/c11-6-2-1-5(3-7(6)12)13-8-4-9(15)14-10(8)16/h1-3,8,13H,4H2,(H,14,15,16). The largest absolute Gasteiger partial charge is 0.373 e. The fourth-order valence-corrected chi connectivity index (χ4v) is 1.76. The van der Waals surface area contributed by atoms with Crippen molar-refractivity contribution in [3.63, 3.8) is 0 Å². The molecule has 0 saturated carbocycles. The first-order valence-electron chi connectivity index (χ1n) is 4.61. The lowest BCUT2D eigenvalue weighted by molar-refractivity contribution is -0.124. The average Bonchev–Trinajstić information content (AvgIpc) is 2.51. The lowest BCUT2D eigenvalue weighted by Gasteiger charge is -2.11. The van der Waals surface area contributed by atoms with Gasteiger partial charge in [-0.15, -0.1) is 0 Å². The molecule has 0 radical (unpaired) electrons. The Balaban J connectivity index is 2.12. The summed E-state index contributed by atoms with van der Waals surface area (Å²) in [5.41, 5.74) is 0.657. The van der Waals surface area contributed by atoms with Gasteiger partial charge in [-0.3, -0.25) is 14.9 Å². The molecular weight excluding hydrogens is 251 g/mol. The van der Waals surface area contributed by atoms with E-state index in [1.54, 1.807) is 18.2 Å². The molecule has 0 spiro atoms. The second kappa shape index (κ2) is 4.31. The van der Waals surface area contributed by atoms with E-state index in [-0.39, 0.29) is 18.2 Å². The van der Waals surface area contributed by atoms with Crippen LogP contribution in [0.15, 0.2) is 18.2 Å². The van der Waals surface area contributed by atoms with Gasteiger partial charge in [-0.2, -0.15) is 0 Å². The molecule has 6 heteroatoms. The molecule has 1 aromatic rings. The summed E-state index contributed by atoms with van der Waals surface area (Å²) < 4.78 is 0. The van der Waals surface area contributed by atoms with Crippen molar-refractivity contribution in [2.45, 2.75) is 12.5 Å². The first kappa shape index (κ1) is 11.2. The highest BCUT2D eigenvalue weighted by atomic mass is 35.5. The maximum absolute atomic E-state index is 11.3. The van der Waals surface area contributed by atoms with Crippen LogP contribution in [0.5, 0.6) is 0 Å². The van der Waals surface area contributed by atoms with Gasteiger partial charge in [-0.25, -0.2) is 0 Å². The van der Waals surface area contributed by atoms with Crippen molar-refractivity contribution >= 4 is 40.7 Å². The van der Waals surface area contributed by atoms with Crippen molar-refractivity contribution in [3.8, 4) is 0 Å². The van der Waals surface area contributed by atoms with E-state index in [4.69, 9.17) is 23.2 Å².